The Bertz CT molecular complexity index is 1720. The summed E-state index contributed by atoms with van der Waals surface area (Å²) in [5.41, 5.74) is 10.4. The van der Waals surface area contributed by atoms with Crippen LogP contribution in [0.3, 0.4) is 0 Å². The molecule has 42 heavy (non-hydrogen) atoms. The van der Waals surface area contributed by atoms with Crippen molar-refractivity contribution < 1.29 is 8.81 Å². The second-order valence-electron chi connectivity index (χ2n) is 14.2. The van der Waals surface area contributed by atoms with Gasteiger partial charge in [0.15, 0.2) is 5.58 Å². The largest absolute Gasteiger partial charge is 0.440 e. The Morgan fingerprint density at radius 1 is 0.762 bits per heavy atom. The molecule has 2 aromatic heterocycles. The van der Waals surface area contributed by atoms with Gasteiger partial charge in [0.1, 0.15) is 11.3 Å². The summed E-state index contributed by atoms with van der Waals surface area (Å²) in [4.78, 5) is 13.1. The highest BCUT2D eigenvalue weighted by Gasteiger charge is 2.21. The van der Waals surface area contributed by atoms with Gasteiger partial charge in [0.2, 0.25) is 5.89 Å². The van der Waals surface area contributed by atoms with Crippen molar-refractivity contribution in [1.82, 2.24) is 14.5 Å². The summed E-state index contributed by atoms with van der Waals surface area (Å²) in [7, 11) is 2.02. The van der Waals surface area contributed by atoms with Crippen LogP contribution in [-0.4, -0.2) is 20.2 Å². The van der Waals surface area contributed by atoms with Crippen molar-refractivity contribution >= 4 is 27.8 Å². The first-order valence-electron chi connectivity index (χ1n) is 14.6. The quantitative estimate of drug-likeness (QED) is 0.187. The molecule has 0 atom stereocenters. The fourth-order valence-corrected chi connectivity index (χ4v) is 4.63. The molecule has 1 aliphatic heterocycles. The number of fused-ring (bicyclic) bond motifs is 3. The average molecular weight is 569 g/mol. The summed E-state index contributed by atoms with van der Waals surface area (Å²) in [6.45, 7) is 22.4. The predicted molar refractivity (Wildman–Crippen MR) is 173 cm³/mol. The van der Waals surface area contributed by atoms with Crippen LogP contribution in [0.4, 0.5) is 4.39 Å². The van der Waals surface area contributed by atoms with Crippen molar-refractivity contribution in [1.29, 1.82) is 0 Å². The van der Waals surface area contributed by atoms with Crippen LogP contribution < -0.4 is 0 Å². The lowest BCUT2D eigenvalue weighted by Crippen LogP contribution is -2.12. The molecule has 222 valence electrons. The summed E-state index contributed by atoms with van der Waals surface area (Å²) in [6, 6.07) is 17.6. The lowest BCUT2D eigenvalue weighted by molar-refractivity contribution is 0.410. The number of oxazole rings is 1. The number of halogens is 1. The van der Waals surface area contributed by atoms with Crippen LogP contribution in [0.2, 0.25) is 0 Å². The minimum Gasteiger partial charge on any atom is -0.440 e. The fourth-order valence-electron chi connectivity index (χ4n) is 4.63. The van der Waals surface area contributed by atoms with E-state index in [-0.39, 0.29) is 22.1 Å². The molecule has 0 bridgehead atoms. The molecule has 0 fully saturated rings. The van der Waals surface area contributed by atoms with Crippen LogP contribution >= 0.6 is 0 Å². The van der Waals surface area contributed by atoms with Crippen molar-refractivity contribution in [3.05, 3.63) is 94.9 Å². The molecule has 1 aliphatic rings. The van der Waals surface area contributed by atoms with Crippen LogP contribution in [0, 0.1) is 5.82 Å². The fraction of sp³-hybridized carbons (Fsp3) is 0.417. The second-order valence-corrected chi connectivity index (χ2v) is 14.2. The first-order valence-corrected chi connectivity index (χ1v) is 14.6. The zero-order chi connectivity index (χ0) is 31.0. The van der Waals surface area contributed by atoms with Gasteiger partial charge in [0.05, 0.1) is 23.9 Å². The Hall–Kier alpha value is -3.80. The molecule has 5 nitrogen and oxygen atoms in total. The first kappa shape index (κ1) is 31.1. The van der Waals surface area contributed by atoms with Gasteiger partial charge in [-0.2, -0.15) is 0 Å². The maximum Gasteiger partial charge on any atom is 0.200 e. The molecule has 0 saturated heterocycles. The highest BCUT2D eigenvalue weighted by Crippen LogP contribution is 2.28. The number of imidazole rings is 1. The lowest BCUT2D eigenvalue weighted by atomic mass is 9.85. The zero-order valence-corrected chi connectivity index (χ0v) is 27.1. The van der Waals surface area contributed by atoms with E-state index in [0.29, 0.717) is 17.0 Å². The maximum atomic E-state index is 12.9. The summed E-state index contributed by atoms with van der Waals surface area (Å²) in [5.74, 6) is 0.340. The van der Waals surface area contributed by atoms with E-state index in [1.54, 1.807) is 6.07 Å². The van der Waals surface area contributed by atoms with E-state index in [2.05, 4.69) is 99.8 Å². The topological polar surface area (TPSA) is 56.2 Å². The summed E-state index contributed by atoms with van der Waals surface area (Å²) in [5, 5.41) is 0. The molecule has 6 heteroatoms. The van der Waals surface area contributed by atoms with Gasteiger partial charge in [-0.25, -0.2) is 14.4 Å². The van der Waals surface area contributed by atoms with Crippen molar-refractivity contribution in [2.75, 3.05) is 0 Å². The van der Waals surface area contributed by atoms with Crippen LogP contribution in [-0.2, 0) is 29.8 Å². The molecule has 0 radical (unpaired) electrons. The van der Waals surface area contributed by atoms with Gasteiger partial charge in [0, 0.05) is 29.8 Å². The summed E-state index contributed by atoms with van der Waals surface area (Å²) < 4.78 is 20.4. The van der Waals surface area contributed by atoms with E-state index < -0.39 is 0 Å². The Labute approximate surface area is 249 Å². The maximum absolute atomic E-state index is 12.9. The molecular formula is C36H45FN4O. The number of benzene rings is 3. The Morgan fingerprint density at radius 3 is 2.05 bits per heavy atom. The Morgan fingerprint density at radius 2 is 1.40 bits per heavy atom. The number of aliphatic imine (C=N–C) groups is 1. The van der Waals surface area contributed by atoms with Crippen LogP contribution in [0.15, 0.2) is 70.3 Å². The number of hydrogen-bond donors (Lipinski definition) is 0. The number of hydrogen-bond acceptors (Lipinski definition) is 4. The average Bonchev–Trinajstić information content (AvgIpc) is 3.60. The third-order valence-corrected chi connectivity index (χ3v) is 7.44. The molecule has 3 heterocycles. The molecule has 5 aromatic rings. The molecule has 0 N–H and O–H groups in total. The number of aromatic nitrogens is 3. The van der Waals surface area contributed by atoms with Crippen molar-refractivity contribution in [2.45, 2.75) is 92.0 Å². The molecule has 0 unspecified atom stereocenters. The number of nitrogens with zero attached hydrogens (tertiary/aromatic N) is 4. The predicted octanol–water partition coefficient (Wildman–Crippen LogP) is 9.44. The SMILES string of the molecule is CC(C)(C)c1nc2ccc(F)cc2o1.CC1=NCc2ccc(C(C)(C)C)cc21.Cn1cnc2cc(C(C)(C)C)ccc21. The van der Waals surface area contributed by atoms with E-state index >= 15 is 0 Å². The minimum atomic E-state index is -0.297. The van der Waals surface area contributed by atoms with Crippen molar-refractivity contribution in [3.63, 3.8) is 0 Å². The van der Waals surface area contributed by atoms with Crippen LogP contribution in [0.5, 0.6) is 0 Å². The second kappa shape index (κ2) is 11.5. The van der Waals surface area contributed by atoms with Gasteiger partial charge >= 0.3 is 0 Å². The first-order chi connectivity index (χ1) is 19.4. The van der Waals surface area contributed by atoms with E-state index in [1.807, 2.05) is 38.7 Å². The minimum absolute atomic E-state index is 0.143. The zero-order valence-electron chi connectivity index (χ0n) is 27.1. The smallest absolute Gasteiger partial charge is 0.200 e. The molecule has 0 saturated carbocycles. The standard InChI is InChI=1S/C13H17N.C12H16N2.C11H12FNO/c1-9-12-7-11(13(2,3)4)6-5-10(12)8-14-9;1-12(2,3)9-5-6-11-10(7-9)13-8-14(11)4;1-11(2,3)10-13-8-5-4-7(12)6-9(8)14-10/h5-7H,8H2,1-4H3;5-8H,1-4H3;4-6H,1-3H3. The monoisotopic (exact) mass is 568 g/mol. The van der Waals surface area contributed by atoms with Crippen molar-refractivity contribution in [3.8, 4) is 0 Å². The summed E-state index contributed by atoms with van der Waals surface area (Å²) in [6.07, 6.45) is 1.86. The lowest BCUT2D eigenvalue weighted by Gasteiger charge is -2.19. The van der Waals surface area contributed by atoms with Gasteiger partial charge in [0.25, 0.3) is 0 Å². The number of rotatable bonds is 0. The van der Waals surface area contributed by atoms with Gasteiger partial charge in [-0.1, -0.05) is 80.5 Å². The van der Waals surface area contributed by atoms with Crippen LogP contribution in [0.25, 0.3) is 22.1 Å². The van der Waals surface area contributed by atoms with E-state index in [9.17, 15) is 4.39 Å². The van der Waals surface area contributed by atoms with Gasteiger partial charge in [-0.15, -0.1) is 0 Å². The van der Waals surface area contributed by atoms with Crippen molar-refractivity contribution in [2.24, 2.45) is 12.0 Å². The summed E-state index contributed by atoms with van der Waals surface area (Å²) >= 11 is 0. The third-order valence-electron chi connectivity index (χ3n) is 7.44. The molecule has 6 rings (SSSR count). The van der Waals surface area contributed by atoms with Gasteiger partial charge < -0.3 is 8.98 Å². The van der Waals surface area contributed by atoms with E-state index in [4.69, 9.17) is 4.42 Å². The highest BCUT2D eigenvalue weighted by molar-refractivity contribution is 6.02. The Kier molecular flexibility index (Phi) is 8.50. The number of aryl methyl sites for hydroxylation is 1. The Balaban J connectivity index is 0.000000145. The van der Waals surface area contributed by atoms with Gasteiger partial charge in [-0.3, -0.25) is 4.99 Å². The highest BCUT2D eigenvalue weighted by atomic mass is 19.1. The van der Waals surface area contributed by atoms with E-state index in [1.165, 1.54) is 45.6 Å². The molecule has 0 spiro atoms. The van der Waals surface area contributed by atoms with E-state index in [0.717, 1.165) is 12.1 Å². The van der Waals surface area contributed by atoms with Crippen LogP contribution in [0.1, 0.15) is 97.4 Å². The van der Waals surface area contributed by atoms with Gasteiger partial charge in [-0.05, 0) is 64.8 Å². The third kappa shape index (κ3) is 7.15. The molecule has 0 aliphatic carbocycles. The molecule has 3 aromatic carbocycles. The molecular weight excluding hydrogens is 523 g/mol. The normalized spacial score (nSPS) is 13.3. The molecule has 0 amide bonds.